The van der Waals surface area contributed by atoms with Crippen LogP contribution in [0.2, 0.25) is 0 Å². The fourth-order valence-electron chi connectivity index (χ4n) is 10.4. The summed E-state index contributed by atoms with van der Waals surface area (Å²) in [6, 6.07) is 8.97. The Hall–Kier alpha value is -5.10. The number of rotatable bonds is 30. The lowest BCUT2D eigenvalue weighted by Crippen LogP contribution is -2.29. The number of benzene rings is 2. The normalized spacial score (nSPS) is 20.0. The van der Waals surface area contributed by atoms with E-state index in [4.69, 9.17) is 29.5 Å². The van der Waals surface area contributed by atoms with Crippen molar-refractivity contribution in [2.75, 3.05) is 61.5 Å². The van der Waals surface area contributed by atoms with Gasteiger partial charge in [-0.15, -0.1) is 6.58 Å². The van der Waals surface area contributed by atoms with Crippen LogP contribution in [0.3, 0.4) is 0 Å². The number of amides is 2. The number of aromatic nitrogens is 3. The summed E-state index contributed by atoms with van der Waals surface area (Å²) in [4.78, 5) is 72.7. The van der Waals surface area contributed by atoms with Crippen molar-refractivity contribution in [3.63, 3.8) is 0 Å². The summed E-state index contributed by atoms with van der Waals surface area (Å²) >= 11 is 0. The smallest absolute Gasteiger partial charge is 0.490 e. The Labute approximate surface area is 517 Å². The molecule has 5 atom stereocenters. The van der Waals surface area contributed by atoms with E-state index in [-0.39, 0.29) is 53.4 Å². The van der Waals surface area contributed by atoms with Crippen LogP contribution in [0.4, 0.5) is 17.2 Å². The summed E-state index contributed by atoms with van der Waals surface area (Å²) in [5.41, 5.74) is 10.3. The summed E-state index contributed by atoms with van der Waals surface area (Å²) in [5, 5.41) is 6.05. The van der Waals surface area contributed by atoms with Crippen LogP contribution in [-0.2, 0) is 77.0 Å². The van der Waals surface area contributed by atoms with Crippen LogP contribution in [0.1, 0.15) is 96.1 Å². The Morgan fingerprint density at radius 3 is 2.34 bits per heavy atom. The maximum atomic E-state index is 12.8. The predicted octanol–water partition coefficient (Wildman–Crippen LogP) is 6.62. The number of hydrogen-bond donors (Lipinski definition) is 8. The summed E-state index contributed by atoms with van der Waals surface area (Å²) in [7, 11) is -23.0. The molecule has 0 spiro atoms. The maximum Gasteiger partial charge on any atom is 0.490 e. The minimum Gasteiger partial charge on any atom is -0.744 e. The number of phosphoric acid groups is 3. The lowest BCUT2D eigenvalue weighted by Gasteiger charge is -2.25. The number of nitrogen functional groups attached to an aromatic ring is 1. The van der Waals surface area contributed by atoms with Gasteiger partial charge < -0.3 is 59.4 Å². The van der Waals surface area contributed by atoms with E-state index in [0.717, 1.165) is 28.3 Å². The first kappa shape index (κ1) is 70.4. The molecule has 2 amide bonds. The van der Waals surface area contributed by atoms with E-state index >= 15 is 0 Å². The van der Waals surface area contributed by atoms with Gasteiger partial charge in [-0.05, 0) is 75.6 Å². The second-order valence-corrected chi connectivity index (χ2v) is 31.1. The van der Waals surface area contributed by atoms with Crippen molar-refractivity contribution in [1.82, 2.24) is 25.2 Å². The van der Waals surface area contributed by atoms with Gasteiger partial charge in [0, 0.05) is 91.0 Å². The second kappa shape index (κ2) is 29.0. The van der Waals surface area contributed by atoms with Crippen molar-refractivity contribution < 1.29 is 96.0 Å². The number of carbonyl (C=O) groups excluding carboxylic acids is 2. The number of nitrogens with two attached hydrogens (primary N) is 1. The molecule has 0 saturated carbocycles. The quantitative estimate of drug-likeness (QED) is 0.00517. The van der Waals surface area contributed by atoms with E-state index < -0.39 is 79.6 Å². The third-order valence-electron chi connectivity index (χ3n) is 14.4. The first-order chi connectivity index (χ1) is 41.2. The van der Waals surface area contributed by atoms with Crippen LogP contribution < -0.4 is 21.3 Å². The molecule has 0 aliphatic carbocycles. The largest absolute Gasteiger partial charge is 0.744 e. The highest BCUT2D eigenvalue weighted by atomic mass is 33.1. The number of likely N-dealkylation sites (N-methyl/N-ethyl adjacent to an activating group) is 1. The molecule has 1 saturated heterocycles. The van der Waals surface area contributed by atoms with Gasteiger partial charge in [-0.2, -0.15) is 21.6 Å². The summed E-state index contributed by atoms with van der Waals surface area (Å²) in [6.07, 6.45) is 9.84. The van der Waals surface area contributed by atoms with Crippen molar-refractivity contribution in [3.8, 4) is 11.8 Å². The molecule has 9 N–H and O–H groups in total. The van der Waals surface area contributed by atoms with Crippen molar-refractivity contribution in [2.45, 2.75) is 112 Å². The molecule has 0 bridgehead atoms. The molecule has 2 aromatic heterocycles. The number of ether oxygens (including phenoxy) is 2. The molecule has 3 aliphatic heterocycles. The molecule has 5 heterocycles. The van der Waals surface area contributed by atoms with Gasteiger partial charge in [0.2, 0.25) is 17.5 Å². The standard InChI is InChI=1S/C53H69N8O20P3S4/c1-7-26-77-42-31-48(79-43(42)33-78-83(67,68)81-84(69,70)80-82(64,65)66)61-32-35(49-50(54)57-34-58-51(49)61)14-13-23-55-47(63)22-27-85-86-28-24-56-46(62)17-10-9-11-25-60-41-21-19-37(88(74,75)76)30-39(41)53(5,6)45(60)16-12-15-44-52(3,4)38-29-36(87(71,72)73)18-20-40(38)59(44)8-2/h7,12,15-16,18-21,29-30,32,34,42-43,48H,1,8-11,17,22-28,31,33H2,2-6H3,(H9-,54,55,56,57,58,62,63,64,65,66,67,68,69,70,71,72,73,74,75,76). The molecular weight excluding hydrogens is 1290 g/mol. The highest BCUT2D eigenvalue weighted by Gasteiger charge is 2.46. The predicted molar refractivity (Wildman–Crippen MR) is 328 cm³/mol. The van der Waals surface area contributed by atoms with Gasteiger partial charge in [-0.3, -0.25) is 18.7 Å². The molecule has 4 aromatic rings. The van der Waals surface area contributed by atoms with Crippen molar-refractivity contribution in [2.24, 2.45) is 0 Å². The van der Waals surface area contributed by atoms with E-state index in [0.29, 0.717) is 79.0 Å². The van der Waals surface area contributed by atoms with Crippen molar-refractivity contribution in [3.05, 3.63) is 102 Å². The first-order valence-corrected chi connectivity index (χ1v) is 37.1. The number of nitrogens with one attached hydrogen (secondary N) is 2. The fraction of sp³-hybridized carbons (Fsp3) is 0.453. The van der Waals surface area contributed by atoms with Gasteiger partial charge in [0.25, 0.3) is 10.1 Å². The first-order valence-electron chi connectivity index (χ1n) is 27.2. The lowest BCUT2D eigenvalue weighted by atomic mass is 9.81. The van der Waals surface area contributed by atoms with Gasteiger partial charge in [-0.1, -0.05) is 59.4 Å². The minimum absolute atomic E-state index is 0.0154. The van der Waals surface area contributed by atoms with E-state index in [9.17, 15) is 59.0 Å². The molecule has 0 radical (unpaired) electrons. The molecule has 35 heteroatoms. The fourth-order valence-corrected chi connectivity index (χ4v) is 16.3. The number of nitrogens with zero attached hydrogens (tertiary/aromatic N) is 5. The number of carbonyl (C=O) groups is 2. The maximum absolute atomic E-state index is 12.8. The van der Waals surface area contributed by atoms with Crippen LogP contribution in [-0.4, -0.2) is 145 Å². The average molecular weight is 1360 g/mol. The van der Waals surface area contributed by atoms with Gasteiger partial charge in [0.1, 0.15) is 46.8 Å². The number of phosphoric ester groups is 1. The second-order valence-electron chi connectivity index (χ2n) is 21.2. The Morgan fingerprint density at radius 2 is 1.65 bits per heavy atom. The van der Waals surface area contributed by atoms with Gasteiger partial charge in [0.15, 0.2) is 5.71 Å². The van der Waals surface area contributed by atoms with Crippen LogP contribution in [0, 0.1) is 11.8 Å². The van der Waals surface area contributed by atoms with Crippen LogP contribution in [0.5, 0.6) is 0 Å². The Bertz CT molecular complexity index is 3860. The zero-order valence-corrected chi connectivity index (χ0v) is 54.4. The number of anilines is 2. The lowest BCUT2D eigenvalue weighted by molar-refractivity contribution is -0.438. The number of fused-ring (bicyclic) bond motifs is 3. The Kier molecular flexibility index (Phi) is 23.2. The van der Waals surface area contributed by atoms with Gasteiger partial charge in [0.05, 0.1) is 52.0 Å². The monoisotopic (exact) mass is 1360 g/mol. The Balaban J connectivity index is 0.847. The summed E-state index contributed by atoms with van der Waals surface area (Å²) < 4.78 is 134. The van der Waals surface area contributed by atoms with Crippen LogP contribution in [0.15, 0.2) is 95.3 Å². The topological polar surface area (TPSA) is 411 Å². The van der Waals surface area contributed by atoms with Crippen molar-refractivity contribution in [1.29, 1.82) is 0 Å². The van der Waals surface area contributed by atoms with Crippen molar-refractivity contribution >= 4 is 111 Å². The molecule has 28 nitrogen and oxygen atoms in total. The van der Waals surface area contributed by atoms with Gasteiger partial charge in [-0.25, -0.2) is 32.1 Å². The summed E-state index contributed by atoms with van der Waals surface area (Å²) in [5.74, 6) is 6.67. The third kappa shape index (κ3) is 17.9. The van der Waals surface area contributed by atoms with Gasteiger partial charge >= 0.3 is 23.5 Å². The highest BCUT2D eigenvalue weighted by Crippen LogP contribution is 2.66. The molecule has 480 valence electrons. The molecule has 1 fully saturated rings. The molecule has 88 heavy (non-hydrogen) atoms. The highest BCUT2D eigenvalue weighted by molar-refractivity contribution is 8.76. The molecule has 5 unspecified atom stereocenters. The zero-order valence-electron chi connectivity index (χ0n) is 48.4. The van der Waals surface area contributed by atoms with E-state index in [2.05, 4.69) is 57.1 Å². The van der Waals surface area contributed by atoms with E-state index in [1.165, 1.54) is 58.3 Å². The number of hydrogen-bond acceptors (Lipinski definition) is 21. The van der Waals surface area contributed by atoms with E-state index in [1.807, 2.05) is 52.8 Å². The zero-order chi connectivity index (χ0) is 64.6. The number of allylic oxidation sites excluding steroid dienone is 4. The SMILES string of the molecule is C=CCOC1CC(n2cc(C#CCNC(=O)CCSSCCNC(=O)CCCCC[N+]3=C(/C=C/C=C4/N(CC)c5ccc(S(=O)(=O)O)cc5C4(C)C)C(C)(C)c4cc(S(=O)(=O)[O-])ccc43)c3c(N)ncnc32)OC1COP(=O)(O)OP(=O)(O)OP(=O)(O)O. The van der Waals surface area contributed by atoms with Crippen LogP contribution in [0.25, 0.3) is 11.0 Å². The average Bonchev–Trinajstić information content (AvgIpc) is 1.63. The minimum atomic E-state index is -5.77. The summed E-state index contributed by atoms with van der Waals surface area (Å²) in [6.45, 7) is 14.2. The third-order valence-corrected chi connectivity index (χ3v) is 22.3. The Morgan fingerprint density at radius 1 is 0.943 bits per heavy atom. The number of unbranched alkanes of at least 4 members (excludes halogenated alkanes) is 2. The van der Waals surface area contributed by atoms with Crippen LogP contribution >= 0.6 is 45.1 Å². The molecule has 7 rings (SSSR count). The molecular formula is C53H69N8O20P3S4. The molecule has 2 aromatic carbocycles. The van der Waals surface area contributed by atoms with E-state index in [1.54, 1.807) is 22.9 Å². The molecule has 3 aliphatic rings.